The van der Waals surface area contributed by atoms with Crippen molar-refractivity contribution in [3.05, 3.63) is 29.6 Å². The van der Waals surface area contributed by atoms with Crippen molar-refractivity contribution >= 4 is 0 Å². The normalized spacial score (nSPS) is 9.73. The molecule has 0 amide bonds. The van der Waals surface area contributed by atoms with Gasteiger partial charge in [-0.05, 0) is 30.7 Å². The standard InChI is InChI=1S/C8H8F2O/c1-6-4-7(11-5-9)2-3-8(6)10/h2-4H,5H2,1H3. The van der Waals surface area contributed by atoms with E-state index in [2.05, 4.69) is 4.74 Å². The summed E-state index contributed by atoms with van der Waals surface area (Å²) >= 11 is 0. The van der Waals surface area contributed by atoms with Crippen LogP contribution >= 0.6 is 0 Å². The Morgan fingerprint density at radius 3 is 2.73 bits per heavy atom. The highest BCUT2D eigenvalue weighted by molar-refractivity contribution is 5.28. The van der Waals surface area contributed by atoms with Crippen LogP contribution in [0.25, 0.3) is 0 Å². The van der Waals surface area contributed by atoms with Crippen LogP contribution in [0.1, 0.15) is 5.56 Å². The number of benzene rings is 1. The molecular weight excluding hydrogens is 150 g/mol. The molecule has 1 aromatic carbocycles. The molecule has 0 saturated heterocycles. The highest BCUT2D eigenvalue weighted by atomic mass is 19.1. The molecule has 0 spiro atoms. The zero-order chi connectivity index (χ0) is 8.27. The Balaban J connectivity index is 2.86. The average Bonchev–Trinajstić information content (AvgIpc) is 1.98. The lowest BCUT2D eigenvalue weighted by Crippen LogP contribution is -1.91. The lowest BCUT2D eigenvalue weighted by atomic mass is 10.2. The van der Waals surface area contributed by atoms with Crippen molar-refractivity contribution in [2.24, 2.45) is 0 Å². The van der Waals surface area contributed by atoms with E-state index in [1.165, 1.54) is 18.2 Å². The highest BCUT2D eigenvalue weighted by Crippen LogP contribution is 2.15. The van der Waals surface area contributed by atoms with Crippen molar-refractivity contribution < 1.29 is 13.5 Å². The molecule has 1 aromatic rings. The average molecular weight is 158 g/mol. The van der Waals surface area contributed by atoms with Crippen LogP contribution in [0.3, 0.4) is 0 Å². The number of rotatable bonds is 2. The van der Waals surface area contributed by atoms with E-state index >= 15 is 0 Å². The summed E-state index contributed by atoms with van der Waals surface area (Å²) in [6.45, 7) is 0.714. The molecular formula is C8H8F2O. The summed E-state index contributed by atoms with van der Waals surface area (Å²) in [4.78, 5) is 0. The Morgan fingerprint density at radius 2 is 2.18 bits per heavy atom. The molecule has 0 saturated carbocycles. The SMILES string of the molecule is Cc1cc(OCF)ccc1F. The van der Waals surface area contributed by atoms with Crippen molar-refractivity contribution in [3.63, 3.8) is 0 Å². The van der Waals surface area contributed by atoms with E-state index in [9.17, 15) is 8.78 Å². The van der Waals surface area contributed by atoms with Crippen LogP contribution in [0.5, 0.6) is 5.75 Å². The fourth-order valence-corrected chi connectivity index (χ4v) is 0.770. The molecule has 0 fully saturated rings. The highest BCUT2D eigenvalue weighted by Gasteiger charge is 1.98. The van der Waals surface area contributed by atoms with Crippen molar-refractivity contribution in [1.29, 1.82) is 0 Å². The van der Waals surface area contributed by atoms with Gasteiger partial charge in [0.2, 0.25) is 6.86 Å². The van der Waals surface area contributed by atoms with Gasteiger partial charge in [0, 0.05) is 0 Å². The van der Waals surface area contributed by atoms with Gasteiger partial charge < -0.3 is 4.74 Å². The Morgan fingerprint density at radius 1 is 1.45 bits per heavy atom. The molecule has 11 heavy (non-hydrogen) atoms. The second kappa shape index (κ2) is 3.32. The van der Waals surface area contributed by atoms with Gasteiger partial charge in [-0.25, -0.2) is 8.78 Å². The third kappa shape index (κ3) is 1.90. The number of ether oxygens (including phenoxy) is 1. The van der Waals surface area contributed by atoms with Crippen LogP contribution in [-0.4, -0.2) is 6.86 Å². The summed E-state index contributed by atoms with van der Waals surface area (Å²) in [5, 5.41) is 0. The first-order chi connectivity index (χ1) is 5.24. The number of halogens is 2. The summed E-state index contributed by atoms with van der Waals surface area (Å²) in [7, 11) is 0. The molecule has 0 aliphatic rings. The maximum absolute atomic E-state index is 12.6. The lowest BCUT2D eigenvalue weighted by Gasteiger charge is -2.01. The molecule has 0 bridgehead atoms. The van der Waals surface area contributed by atoms with Crippen molar-refractivity contribution in [2.75, 3.05) is 6.86 Å². The third-order valence-corrected chi connectivity index (χ3v) is 1.35. The van der Waals surface area contributed by atoms with Crippen molar-refractivity contribution in [1.82, 2.24) is 0 Å². The van der Waals surface area contributed by atoms with Crippen molar-refractivity contribution in [2.45, 2.75) is 6.92 Å². The first kappa shape index (κ1) is 7.98. The lowest BCUT2D eigenvalue weighted by molar-refractivity contribution is 0.191. The zero-order valence-corrected chi connectivity index (χ0v) is 6.10. The molecule has 60 valence electrons. The van der Waals surface area contributed by atoms with Gasteiger partial charge in [-0.3, -0.25) is 0 Å². The fourth-order valence-electron chi connectivity index (χ4n) is 0.770. The van der Waals surface area contributed by atoms with Gasteiger partial charge >= 0.3 is 0 Å². The molecule has 0 unspecified atom stereocenters. The number of aryl methyl sites for hydroxylation is 1. The second-order valence-corrected chi connectivity index (χ2v) is 2.16. The van der Waals surface area contributed by atoms with Gasteiger partial charge in [-0.2, -0.15) is 0 Å². The molecule has 1 nitrogen and oxygen atoms in total. The van der Waals surface area contributed by atoms with E-state index in [1.807, 2.05) is 0 Å². The Bertz CT molecular complexity index is 248. The van der Waals surface area contributed by atoms with Gasteiger partial charge in [0.25, 0.3) is 0 Å². The van der Waals surface area contributed by atoms with E-state index in [1.54, 1.807) is 6.92 Å². The summed E-state index contributed by atoms with van der Waals surface area (Å²) in [5.74, 6) is 0.0441. The predicted octanol–water partition coefficient (Wildman–Crippen LogP) is 2.44. The monoisotopic (exact) mass is 158 g/mol. The third-order valence-electron chi connectivity index (χ3n) is 1.35. The van der Waals surface area contributed by atoms with Crippen LogP contribution in [0.4, 0.5) is 8.78 Å². The minimum atomic E-state index is -0.884. The van der Waals surface area contributed by atoms with Crippen LogP contribution < -0.4 is 4.74 Å². The Hall–Kier alpha value is -1.12. The van der Waals surface area contributed by atoms with Crippen LogP contribution in [0.2, 0.25) is 0 Å². The smallest absolute Gasteiger partial charge is 0.228 e. The van der Waals surface area contributed by atoms with Gasteiger partial charge in [0.1, 0.15) is 11.6 Å². The zero-order valence-electron chi connectivity index (χ0n) is 6.10. The van der Waals surface area contributed by atoms with Gasteiger partial charge in [0.05, 0.1) is 0 Å². The number of alkyl halides is 1. The summed E-state index contributed by atoms with van der Waals surface area (Å²) in [5.41, 5.74) is 0.455. The van der Waals surface area contributed by atoms with Crippen LogP contribution in [-0.2, 0) is 0 Å². The molecule has 0 aromatic heterocycles. The molecule has 0 heterocycles. The van der Waals surface area contributed by atoms with Gasteiger partial charge in [-0.1, -0.05) is 0 Å². The first-order valence-corrected chi connectivity index (χ1v) is 3.19. The molecule has 0 radical (unpaired) electrons. The van der Waals surface area contributed by atoms with E-state index < -0.39 is 6.86 Å². The fraction of sp³-hybridized carbons (Fsp3) is 0.250. The topological polar surface area (TPSA) is 9.23 Å². The van der Waals surface area contributed by atoms with E-state index in [-0.39, 0.29) is 5.82 Å². The van der Waals surface area contributed by atoms with Crippen LogP contribution in [0, 0.1) is 12.7 Å². The maximum Gasteiger partial charge on any atom is 0.228 e. The van der Waals surface area contributed by atoms with E-state index in [0.29, 0.717) is 11.3 Å². The minimum absolute atomic E-state index is 0.309. The predicted molar refractivity (Wildman–Crippen MR) is 37.7 cm³/mol. The molecule has 3 heteroatoms. The van der Waals surface area contributed by atoms with Gasteiger partial charge in [-0.15, -0.1) is 0 Å². The number of hydrogen-bond acceptors (Lipinski definition) is 1. The molecule has 1 rings (SSSR count). The first-order valence-electron chi connectivity index (χ1n) is 3.19. The summed E-state index contributed by atoms with van der Waals surface area (Å²) in [6.07, 6.45) is 0. The molecule has 0 N–H and O–H groups in total. The second-order valence-electron chi connectivity index (χ2n) is 2.16. The van der Waals surface area contributed by atoms with Crippen molar-refractivity contribution in [3.8, 4) is 5.75 Å². The molecule has 0 atom stereocenters. The van der Waals surface area contributed by atoms with Gasteiger partial charge in [0.15, 0.2) is 0 Å². The Kier molecular flexibility index (Phi) is 2.41. The quantitative estimate of drug-likeness (QED) is 0.642. The summed E-state index contributed by atoms with van der Waals surface area (Å²) < 4.78 is 28.7. The molecule has 0 aliphatic carbocycles. The Labute approximate surface area is 63.6 Å². The van der Waals surface area contributed by atoms with E-state index in [4.69, 9.17) is 0 Å². The minimum Gasteiger partial charge on any atom is -0.463 e. The maximum atomic E-state index is 12.6. The van der Waals surface area contributed by atoms with E-state index in [0.717, 1.165) is 0 Å². The largest absolute Gasteiger partial charge is 0.463 e. The summed E-state index contributed by atoms with van der Waals surface area (Å²) in [6, 6.07) is 4.09. The van der Waals surface area contributed by atoms with Crippen LogP contribution in [0.15, 0.2) is 18.2 Å². The molecule has 0 aliphatic heterocycles. The number of hydrogen-bond donors (Lipinski definition) is 0.